The van der Waals surface area contributed by atoms with E-state index in [0.717, 1.165) is 19.2 Å². The lowest BCUT2D eigenvalue weighted by Crippen LogP contribution is -2.31. The molecule has 0 aliphatic rings. The quantitative estimate of drug-likeness (QED) is 0.422. The molecule has 0 aliphatic heterocycles. The molecule has 0 saturated heterocycles. The minimum absolute atomic E-state index is 0.223. The monoisotopic (exact) mass is 285 g/mol. The number of hydrogen-bond acceptors (Lipinski definition) is 5. The van der Waals surface area contributed by atoms with Crippen molar-refractivity contribution in [1.29, 1.82) is 0 Å². The Morgan fingerprint density at radius 2 is 2.15 bits per heavy atom. The van der Waals surface area contributed by atoms with Gasteiger partial charge in [0.1, 0.15) is 5.82 Å². The summed E-state index contributed by atoms with van der Waals surface area (Å²) >= 11 is 0. The predicted molar refractivity (Wildman–Crippen MR) is 74.1 cm³/mol. The Hall–Kier alpha value is -1.57. The Kier molecular flexibility index (Phi) is 7.06. The molecule has 1 N–H and O–H groups in total. The van der Waals surface area contributed by atoms with Crippen LogP contribution < -0.4 is 5.32 Å². The summed E-state index contributed by atoms with van der Waals surface area (Å²) in [4.78, 5) is 12.1. The average molecular weight is 285 g/mol. The first-order valence-corrected chi connectivity index (χ1v) is 6.35. The summed E-state index contributed by atoms with van der Waals surface area (Å²) in [5, 5.41) is 13.8. The number of ether oxygens (including phenoxy) is 1. The second-order valence-corrected chi connectivity index (χ2v) is 4.55. The number of nitrogens with zero attached hydrogens (tertiary/aromatic N) is 2. The summed E-state index contributed by atoms with van der Waals surface area (Å²) in [5.41, 5.74) is 0.343. The Morgan fingerprint density at radius 3 is 2.80 bits per heavy atom. The molecule has 0 heterocycles. The molecular weight excluding hydrogens is 265 g/mol. The van der Waals surface area contributed by atoms with E-state index < -0.39 is 10.7 Å². The van der Waals surface area contributed by atoms with Gasteiger partial charge < -0.3 is 15.0 Å². The summed E-state index contributed by atoms with van der Waals surface area (Å²) in [6, 6.07) is 3.60. The molecule has 0 unspecified atom stereocenters. The summed E-state index contributed by atoms with van der Waals surface area (Å²) in [6.07, 6.45) is 0. The Balaban J connectivity index is 2.37. The van der Waals surface area contributed by atoms with Gasteiger partial charge in [-0.1, -0.05) is 0 Å². The van der Waals surface area contributed by atoms with Gasteiger partial charge >= 0.3 is 0 Å². The van der Waals surface area contributed by atoms with Crippen LogP contribution in [0.5, 0.6) is 0 Å². The summed E-state index contributed by atoms with van der Waals surface area (Å²) in [5.74, 6) is -0.590. The van der Waals surface area contributed by atoms with Gasteiger partial charge in [-0.15, -0.1) is 0 Å². The summed E-state index contributed by atoms with van der Waals surface area (Å²) < 4.78 is 18.2. The van der Waals surface area contributed by atoms with E-state index in [9.17, 15) is 14.5 Å². The maximum absolute atomic E-state index is 13.2. The second kappa shape index (κ2) is 8.57. The van der Waals surface area contributed by atoms with Gasteiger partial charge in [0.15, 0.2) is 0 Å². The molecule has 20 heavy (non-hydrogen) atoms. The Bertz CT molecular complexity index is 443. The molecule has 1 rings (SSSR count). The van der Waals surface area contributed by atoms with E-state index in [0.29, 0.717) is 25.3 Å². The zero-order chi connectivity index (χ0) is 15.0. The van der Waals surface area contributed by atoms with Crippen molar-refractivity contribution in [2.45, 2.75) is 6.54 Å². The maximum atomic E-state index is 13.2. The number of rotatable bonds is 9. The third kappa shape index (κ3) is 6.05. The van der Waals surface area contributed by atoms with Crippen LogP contribution in [-0.4, -0.2) is 50.2 Å². The Morgan fingerprint density at radius 1 is 1.40 bits per heavy atom. The van der Waals surface area contributed by atoms with E-state index in [1.165, 1.54) is 12.1 Å². The van der Waals surface area contributed by atoms with E-state index >= 15 is 0 Å². The van der Waals surface area contributed by atoms with Gasteiger partial charge in [0, 0.05) is 39.4 Å². The molecule has 0 bridgehead atoms. The highest BCUT2D eigenvalue weighted by molar-refractivity contribution is 5.35. The van der Waals surface area contributed by atoms with Gasteiger partial charge in [0.25, 0.3) is 5.69 Å². The van der Waals surface area contributed by atoms with Crippen molar-refractivity contribution < 1.29 is 14.1 Å². The van der Waals surface area contributed by atoms with Crippen molar-refractivity contribution >= 4 is 5.69 Å². The lowest BCUT2D eigenvalue weighted by molar-refractivity contribution is -0.385. The highest BCUT2D eigenvalue weighted by Gasteiger charge is 2.09. The van der Waals surface area contributed by atoms with Crippen LogP contribution in [0.4, 0.5) is 10.1 Å². The minimum atomic E-state index is -0.592. The van der Waals surface area contributed by atoms with Crippen LogP contribution >= 0.6 is 0 Å². The van der Waals surface area contributed by atoms with Crippen LogP contribution in [0.3, 0.4) is 0 Å². The van der Waals surface area contributed by atoms with Gasteiger partial charge in [-0.3, -0.25) is 10.1 Å². The van der Waals surface area contributed by atoms with Crippen molar-refractivity contribution in [1.82, 2.24) is 10.2 Å². The molecule has 0 spiro atoms. The molecule has 7 heteroatoms. The van der Waals surface area contributed by atoms with Crippen LogP contribution in [0, 0.1) is 15.9 Å². The highest BCUT2D eigenvalue weighted by Crippen LogP contribution is 2.15. The van der Waals surface area contributed by atoms with E-state index in [-0.39, 0.29) is 5.69 Å². The number of benzene rings is 1. The SMILES string of the molecule is COCCN(C)CCNCc1cc(F)cc([N+](=O)[O-])c1. The molecule has 0 aliphatic carbocycles. The average Bonchev–Trinajstić information content (AvgIpc) is 2.40. The number of likely N-dealkylation sites (N-methyl/N-ethyl adjacent to an activating group) is 1. The third-order valence-corrected chi connectivity index (χ3v) is 2.83. The standard InChI is InChI=1S/C13H20FN3O3/c1-16(5-6-20-2)4-3-15-10-11-7-12(14)9-13(8-11)17(18)19/h7-9,15H,3-6,10H2,1-2H3. The van der Waals surface area contributed by atoms with Crippen LogP contribution in [-0.2, 0) is 11.3 Å². The molecule has 0 amide bonds. The van der Waals surface area contributed by atoms with Crippen molar-refractivity contribution in [3.63, 3.8) is 0 Å². The number of hydrogen-bond donors (Lipinski definition) is 1. The predicted octanol–water partition coefficient (Wildman–Crippen LogP) is 1.40. The molecule has 1 aromatic carbocycles. The number of methoxy groups -OCH3 is 1. The van der Waals surface area contributed by atoms with Crippen LogP contribution in [0.2, 0.25) is 0 Å². The molecule has 0 aromatic heterocycles. The molecule has 112 valence electrons. The smallest absolute Gasteiger partial charge is 0.272 e. The van der Waals surface area contributed by atoms with Crippen molar-refractivity contribution in [3.05, 3.63) is 39.7 Å². The van der Waals surface area contributed by atoms with Crippen LogP contribution in [0.25, 0.3) is 0 Å². The fourth-order valence-electron chi connectivity index (χ4n) is 1.70. The highest BCUT2D eigenvalue weighted by atomic mass is 19.1. The first-order chi connectivity index (χ1) is 9.52. The molecular formula is C13H20FN3O3. The van der Waals surface area contributed by atoms with Crippen LogP contribution in [0.15, 0.2) is 18.2 Å². The fourth-order valence-corrected chi connectivity index (χ4v) is 1.70. The zero-order valence-corrected chi connectivity index (χ0v) is 11.8. The minimum Gasteiger partial charge on any atom is -0.383 e. The molecule has 0 saturated carbocycles. The van der Waals surface area contributed by atoms with Crippen molar-refractivity contribution in [3.8, 4) is 0 Å². The van der Waals surface area contributed by atoms with E-state index in [4.69, 9.17) is 4.74 Å². The number of nitrogens with one attached hydrogen (secondary N) is 1. The number of nitro benzene ring substituents is 1. The topological polar surface area (TPSA) is 67.6 Å². The molecule has 1 aromatic rings. The normalized spacial score (nSPS) is 11.0. The summed E-state index contributed by atoms with van der Waals surface area (Å²) in [6.45, 7) is 3.44. The lowest BCUT2D eigenvalue weighted by Gasteiger charge is -2.16. The fraction of sp³-hybridized carbons (Fsp3) is 0.538. The van der Waals surface area contributed by atoms with Gasteiger partial charge in [0.05, 0.1) is 17.6 Å². The molecule has 6 nitrogen and oxygen atoms in total. The Labute approximate surface area is 117 Å². The number of non-ortho nitro benzene ring substituents is 1. The largest absolute Gasteiger partial charge is 0.383 e. The maximum Gasteiger partial charge on any atom is 0.272 e. The second-order valence-electron chi connectivity index (χ2n) is 4.55. The summed E-state index contributed by atoms with van der Waals surface area (Å²) in [7, 11) is 3.64. The zero-order valence-electron chi connectivity index (χ0n) is 11.8. The van der Waals surface area contributed by atoms with Crippen molar-refractivity contribution in [2.75, 3.05) is 40.4 Å². The van der Waals surface area contributed by atoms with Gasteiger partial charge in [-0.05, 0) is 18.7 Å². The molecule has 0 fully saturated rings. The molecule has 0 atom stereocenters. The van der Waals surface area contributed by atoms with Crippen molar-refractivity contribution in [2.24, 2.45) is 0 Å². The molecule has 0 radical (unpaired) electrons. The number of halogens is 1. The van der Waals surface area contributed by atoms with E-state index in [2.05, 4.69) is 10.2 Å². The third-order valence-electron chi connectivity index (χ3n) is 2.83. The number of nitro groups is 1. The van der Waals surface area contributed by atoms with Gasteiger partial charge in [-0.25, -0.2) is 4.39 Å². The van der Waals surface area contributed by atoms with E-state index in [1.54, 1.807) is 7.11 Å². The first kappa shape index (κ1) is 16.5. The van der Waals surface area contributed by atoms with Crippen LogP contribution in [0.1, 0.15) is 5.56 Å². The van der Waals surface area contributed by atoms with Gasteiger partial charge in [0.2, 0.25) is 0 Å². The first-order valence-electron chi connectivity index (χ1n) is 6.35. The lowest BCUT2D eigenvalue weighted by atomic mass is 10.2. The van der Waals surface area contributed by atoms with E-state index in [1.807, 2.05) is 7.05 Å². The van der Waals surface area contributed by atoms with Gasteiger partial charge in [-0.2, -0.15) is 0 Å².